The summed E-state index contributed by atoms with van der Waals surface area (Å²) in [6.07, 6.45) is 16.2. The third kappa shape index (κ3) is 6.19. The topological polar surface area (TPSA) is 97.9 Å². The molecule has 0 spiro atoms. The van der Waals surface area contributed by atoms with E-state index in [-0.39, 0.29) is 23.5 Å². The molecule has 1 amide bonds. The number of likely N-dealkylation sites (N-methyl/N-ethyl adjacent to an activating group) is 1. The number of nitrogens with two attached hydrogens (primary N) is 1. The van der Waals surface area contributed by atoms with Gasteiger partial charge in [-0.25, -0.2) is 13.7 Å². The summed E-state index contributed by atoms with van der Waals surface area (Å²) in [5.41, 5.74) is 5.13. The zero-order valence-corrected chi connectivity index (χ0v) is 26.1. The number of carbonyl (C=O) groups is 2. The summed E-state index contributed by atoms with van der Waals surface area (Å²) in [5, 5.41) is 6.66. The molecular weight excluding hydrogens is 548 g/mol. The van der Waals surface area contributed by atoms with Crippen LogP contribution in [-0.2, 0) is 27.2 Å². The van der Waals surface area contributed by atoms with E-state index < -0.39 is 11.2 Å². The number of methoxy groups -OCH3 is 1. The number of benzene rings is 1. The summed E-state index contributed by atoms with van der Waals surface area (Å²) in [6.45, 7) is 3.26. The van der Waals surface area contributed by atoms with E-state index in [9.17, 15) is 13.8 Å². The number of allylic oxidation sites excluding steroid dienone is 4. The molecule has 1 saturated carbocycles. The van der Waals surface area contributed by atoms with E-state index in [1.165, 1.54) is 35.9 Å². The highest BCUT2D eigenvalue weighted by molar-refractivity contribution is 7.80. The molecule has 42 heavy (non-hydrogen) atoms. The van der Waals surface area contributed by atoms with Gasteiger partial charge in [-0.15, -0.1) is 0 Å². The molecule has 2 N–H and O–H groups in total. The number of ether oxygens (including phenoxy) is 1. The fourth-order valence-corrected chi connectivity index (χ4v) is 7.23. The van der Waals surface area contributed by atoms with Crippen molar-refractivity contribution in [1.82, 2.24) is 13.8 Å². The minimum Gasteiger partial charge on any atom is -0.497 e. The van der Waals surface area contributed by atoms with Gasteiger partial charge in [-0.1, -0.05) is 43.5 Å². The lowest BCUT2D eigenvalue weighted by molar-refractivity contribution is -0.126. The van der Waals surface area contributed by atoms with Gasteiger partial charge in [-0.2, -0.15) is 0 Å². The van der Waals surface area contributed by atoms with Crippen molar-refractivity contribution in [1.29, 1.82) is 0 Å². The summed E-state index contributed by atoms with van der Waals surface area (Å²) in [4.78, 5) is 28.2. The van der Waals surface area contributed by atoms with Crippen LogP contribution in [0, 0.1) is 5.92 Å². The van der Waals surface area contributed by atoms with Crippen LogP contribution in [0.2, 0.25) is 0 Å². The molecule has 226 valence electrons. The summed E-state index contributed by atoms with van der Waals surface area (Å²) in [5.74, 6) is 1.35. The molecule has 8 nitrogen and oxygen atoms in total. The number of Topliss-reactive ketones (excluding diaryl/α,β-unsaturated/α-hetero) is 1. The van der Waals surface area contributed by atoms with Gasteiger partial charge in [-0.05, 0) is 62.3 Å². The van der Waals surface area contributed by atoms with Gasteiger partial charge >= 0.3 is 0 Å². The average Bonchev–Trinajstić information content (AvgIpc) is 3.21. The van der Waals surface area contributed by atoms with Gasteiger partial charge < -0.3 is 14.2 Å². The molecule has 1 aliphatic heterocycles. The van der Waals surface area contributed by atoms with Crippen LogP contribution in [-0.4, -0.2) is 64.0 Å². The van der Waals surface area contributed by atoms with E-state index >= 15 is 0 Å². The highest BCUT2D eigenvalue weighted by Gasteiger charge is 2.36. The van der Waals surface area contributed by atoms with Crippen molar-refractivity contribution in [3.8, 4) is 0 Å². The SMILES string of the molecule is COC1=CC2C=C(C(=O)N(C)CCCCN(C)S(N)=O)Cn3c(c(C4CCCCC4)c4ccc(C(C)=O)cc43)C2C=C1. The first-order valence-electron chi connectivity index (χ1n) is 15.1. The Morgan fingerprint density at radius 2 is 1.83 bits per heavy atom. The highest BCUT2D eigenvalue weighted by atomic mass is 32.2. The Kier molecular flexibility index (Phi) is 9.50. The van der Waals surface area contributed by atoms with Gasteiger partial charge in [0.2, 0.25) is 0 Å². The number of fused-ring (bicyclic) bond motifs is 5. The predicted molar refractivity (Wildman–Crippen MR) is 168 cm³/mol. The van der Waals surface area contributed by atoms with Crippen LogP contribution in [0.4, 0.5) is 0 Å². The normalized spacial score (nSPS) is 21.3. The summed E-state index contributed by atoms with van der Waals surface area (Å²) >= 11 is -1.49. The number of unbranched alkanes of at least 4 members (excludes halogenated alkanes) is 1. The molecule has 0 radical (unpaired) electrons. The van der Waals surface area contributed by atoms with Crippen LogP contribution in [0.3, 0.4) is 0 Å². The minimum atomic E-state index is -1.49. The maximum atomic E-state index is 14.0. The second kappa shape index (κ2) is 13.1. The molecule has 2 aliphatic carbocycles. The lowest BCUT2D eigenvalue weighted by atomic mass is 9.77. The van der Waals surface area contributed by atoms with E-state index in [0.29, 0.717) is 31.1 Å². The number of rotatable bonds is 10. The highest BCUT2D eigenvalue weighted by Crippen LogP contribution is 2.47. The molecule has 3 unspecified atom stereocenters. The first kappa shape index (κ1) is 30.4. The van der Waals surface area contributed by atoms with Crippen LogP contribution >= 0.6 is 0 Å². The molecule has 0 bridgehead atoms. The fourth-order valence-electron chi connectivity index (χ4n) is 6.92. The second-order valence-corrected chi connectivity index (χ2v) is 13.2. The second-order valence-electron chi connectivity index (χ2n) is 12.0. The van der Waals surface area contributed by atoms with Gasteiger partial charge in [0, 0.05) is 66.8 Å². The molecule has 1 aromatic heterocycles. The standard InChI is InChI=1S/C33H44N4O4S/c1-22(38)24-12-14-29-30(20-24)37-21-26(33(39)35(2)16-8-9-17-36(3)42(34)40)18-25-19-27(41-4)13-15-28(25)32(37)31(29)23-10-6-5-7-11-23/h12-15,18-20,23,25,28H,5-11,16-17,21,34H2,1-4H3. The molecule has 2 heterocycles. The molecule has 1 aromatic carbocycles. The first-order valence-corrected chi connectivity index (χ1v) is 16.3. The Morgan fingerprint density at radius 3 is 2.52 bits per heavy atom. The third-order valence-electron chi connectivity index (χ3n) is 9.22. The maximum absolute atomic E-state index is 14.0. The van der Waals surface area contributed by atoms with Crippen LogP contribution in [0.25, 0.3) is 10.9 Å². The van der Waals surface area contributed by atoms with Crippen molar-refractivity contribution in [3.63, 3.8) is 0 Å². The molecule has 3 aliphatic rings. The van der Waals surface area contributed by atoms with Gasteiger partial charge in [0.15, 0.2) is 17.0 Å². The van der Waals surface area contributed by atoms with Crippen molar-refractivity contribution in [3.05, 3.63) is 70.7 Å². The lowest BCUT2D eigenvalue weighted by Gasteiger charge is -2.28. The minimum absolute atomic E-state index is 0.00284. The number of ketones is 1. The number of aromatic nitrogens is 1. The molecule has 0 saturated heterocycles. The number of hydrogen-bond donors (Lipinski definition) is 1. The zero-order chi connectivity index (χ0) is 30.0. The summed E-state index contributed by atoms with van der Waals surface area (Å²) < 4.78 is 21.0. The van der Waals surface area contributed by atoms with E-state index in [1.54, 1.807) is 30.3 Å². The average molecular weight is 593 g/mol. The summed E-state index contributed by atoms with van der Waals surface area (Å²) in [6, 6.07) is 6.13. The summed E-state index contributed by atoms with van der Waals surface area (Å²) in [7, 11) is 5.27. The number of carbonyl (C=O) groups excluding carboxylic acids is 2. The molecule has 5 rings (SSSR count). The van der Waals surface area contributed by atoms with Gasteiger partial charge in [0.05, 0.1) is 13.7 Å². The Hall–Kier alpha value is -3.01. The maximum Gasteiger partial charge on any atom is 0.251 e. The monoisotopic (exact) mass is 592 g/mol. The number of hydrogen-bond acceptors (Lipinski definition) is 4. The van der Waals surface area contributed by atoms with Crippen molar-refractivity contribution in [2.24, 2.45) is 11.1 Å². The van der Waals surface area contributed by atoms with E-state index in [2.05, 4.69) is 28.9 Å². The van der Waals surface area contributed by atoms with Crippen LogP contribution in [0.1, 0.15) is 85.3 Å². The smallest absolute Gasteiger partial charge is 0.251 e. The number of amides is 1. The quantitative estimate of drug-likeness (QED) is 0.298. The Balaban J connectivity index is 1.55. The van der Waals surface area contributed by atoms with Crippen LogP contribution < -0.4 is 5.14 Å². The van der Waals surface area contributed by atoms with Crippen molar-refractivity contribution in [2.45, 2.75) is 70.3 Å². The molecule has 1 fully saturated rings. The fraction of sp³-hybridized carbons (Fsp3) is 0.515. The van der Waals surface area contributed by atoms with Crippen molar-refractivity contribution < 1.29 is 18.5 Å². The van der Waals surface area contributed by atoms with Gasteiger partial charge in [0.1, 0.15) is 5.76 Å². The van der Waals surface area contributed by atoms with Crippen molar-refractivity contribution in [2.75, 3.05) is 34.3 Å². The molecular formula is C33H44N4O4S. The number of nitrogens with zero attached hydrogens (tertiary/aromatic N) is 3. The molecule has 9 heteroatoms. The van der Waals surface area contributed by atoms with Crippen molar-refractivity contribution >= 4 is 33.8 Å². The van der Waals surface area contributed by atoms with Gasteiger partial charge in [-0.3, -0.25) is 9.59 Å². The molecule has 2 aromatic rings. The third-order valence-corrected chi connectivity index (χ3v) is 10.0. The van der Waals surface area contributed by atoms with E-state index in [1.807, 2.05) is 25.3 Å². The Labute approximate surface area is 252 Å². The predicted octanol–water partition coefficient (Wildman–Crippen LogP) is 5.34. The Morgan fingerprint density at radius 1 is 1.10 bits per heavy atom. The first-order chi connectivity index (χ1) is 20.2. The van der Waals surface area contributed by atoms with Crippen LogP contribution in [0.5, 0.6) is 0 Å². The zero-order valence-electron chi connectivity index (χ0n) is 25.3. The van der Waals surface area contributed by atoms with Crippen LogP contribution in [0.15, 0.2) is 53.8 Å². The van der Waals surface area contributed by atoms with E-state index in [0.717, 1.165) is 42.5 Å². The lowest BCUT2D eigenvalue weighted by Crippen LogP contribution is -2.32. The molecule has 3 atom stereocenters. The largest absolute Gasteiger partial charge is 0.497 e. The van der Waals surface area contributed by atoms with Gasteiger partial charge in [0.25, 0.3) is 5.91 Å². The van der Waals surface area contributed by atoms with E-state index in [4.69, 9.17) is 9.88 Å². The Bertz CT molecular complexity index is 1470.